The van der Waals surface area contributed by atoms with Gasteiger partial charge in [0.1, 0.15) is 0 Å². The minimum atomic E-state index is -0.169. The monoisotopic (exact) mass is 1060 g/mol. The first kappa shape index (κ1) is 50.9. The van der Waals surface area contributed by atoms with Crippen LogP contribution < -0.4 is 14.7 Å². The fourth-order valence-electron chi connectivity index (χ4n) is 13.4. The molecule has 6 heteroatoms. The van der Waals surface area contributed by atoms with Gasteiger partial charge in [-0.1, -0.05) is 182 Å². The van der Waals surface area contributed by atoms with Gasteiger partial charge in [0, 0.05) is 85.0 Å². The van der Waals surface area contributed by atoms with E-state index < -0.39 is 0 Å². The van der Waals surface area contributed by atoms with Gasteiger partial charge in [0.25, 0.3) is 0 Å². The van der Waals surface area contributed by atoms with Gasteiger partial charge in [0.05, 0.1) is 33.5 Å². The van der Waals surface area contributed by atoms with E-state index in [4.69, 9.17) is 9.97 Å². The van der Waals surface area contributed by atoms with Crippen LogP contribution in [0.3, 0.4) is 0 Å². The zero-order valence-corrected chi connectivity index (χ0v) is 47.8. The molecule has 0 saturated heterocycles. The van der Waals surface area contributed by atoms with Crippen molar-refractivity contribution in [2.75, 3.05) is 14.7 Å². The second-order valence-corrected chi connectivity index (χ2v) is 24.5. The maximum atomic E-state index is 5.77. The zero-order chi connectivity index (χ0) is 55.7. The van der Waals surface area contributed by atoms with Crippen LogP contribution in [0.2, 0.25) is 0 Å². The summed E-state index contributed by atoms with van der Waals surface area (Å²) in [7, 11) is 0. The molecule has 1 unspecified atom stereocenters. The second kappa shape index (κ2) is 20.4. The molecule has 1 aliphatic carbocycles. The number of aromatic nitrogens is 3. The molecule has 402 valence electrons. The molecule has 2 aliphatic rings. The average molecular weight is 1070 g/mol. The Balaban J connectivity index is 0.857. The number of fused-ring (bicyclic) bond motifs is 7. The van der Waals surface area contributed by atoms with E-state index in [0.717, 1.165) is 73.4 Å². The topological polar surface area (TPSA) is 40.4 Å². The molecular formula is C76H68N6. The molecule has 10 aromatic carbocycles. The van der Waals surface area contributed by atoms with Crippen molar-refractivity contribution in [3.63, 3.8) is 0 Å². The van der Waals surface area contributed by atoms with Gasteiger partial charge >= 0.3 is 0 Å². The number of rotatable bonds is 10. The number of nitrogens with zero attached hydrogens (tertiary/aromatic N) is 6. The molecule has 3 heterocycles. The van der Waals surface area contributed by atoms with E-state index in [-0.39, 0.29) is 10.8 Å². The molecular weight excluding hydrogens is 997 g/mol. The van der Waals surface area contributed by atoms with E-state index >= 15 is 0 Å². The maximum Gasteiger partial charge on any atom is 0.0973 e. The molecule has 1 aliphatic heterocycles. The van der Waals surface area contributed by atoms with E-state index in [1.54, 1.807) is 0 Å². The normalized spacial score (nSPS) is 15.2. The van der Waals surface area contributed by atoms with Gasteiger partial charge in [-0.25, -0.2) is 9.97 Å². The van der Waals surface area contributed by atoms with Crippen LogP contribution >= 0.6 is 0 Å². The van der Waals surface area contributed by atoms with Gasteiger partial charge in [0.2, 0.25) is 0 Å². The predicted octanol–water partition coefficient (Wildman–Crippen LogP) is 20.8. The second-order valence-electron chi connectivity index (χ2n) is 24.5. The third-order valence-electron chi connectivity index (χ3n) is 17.3. The van der Waals surface area contributed by atoms with Gasteiger partial charge < -0.3 is 19.3 Å². The standard InChI is InChI=1S/C76H68N6/c1-75(2,3)65-49-50-66(76(4,5)6)74-73(65)77-71(51-33-37-55(38-34-51)79(53-21-9-7-10-22-53)57-41-45-59(46-42-57)81-67-29-17-13-25-61(67)62-26-14-18-30-68(62)81)72(78-74)52-35-39-56(40-36-52)80(54-23-11-8-12-24-54)58-43-47-60(48-44-58)82-69-31-19-15-27-63(69)64-28-16-20-32-70(64)82/h7-15,17-19,21-27,29-31,33-50,64,70H,16,20,28,32H2,1-6H3/t64-,70?/m1/s1. The lowest BCUT2D eigenvalue weighted by atomic mass is 9.80. The van der Waals surface area contributed by atoms with Crippen molar-refractivity contribution >= 4 is 78.3 Å². The summed E-state index contributed by atoms with van der Waals surface area (Å²) in [6.45, 7) is 13.7. The number of hydrogen-bond donors (Lipinski definition) is 0. The van der Waals surface area contributed by atoms with E-state index in [1.807, 2.05) is 0 Å². The molecule has 0 spiro atoms. The van der Waals surface area contributed by atoms with Crippen LogP contribution in [0.1, 0.15) is 89.8 Å². The highest BCUT2D eigenvalue weighted by Gasteiger charge is 2.40. The van der Waals surface area contributed by atoms with Crippen LogP contribution in [-0.4, -0.2) is 20.6 Å². The molecule has 14 rings (SSSR count). The smallest absolute Gasteiger partial charge is 0.0973 e. The highest BCUT2D eigenvalue weighted by molar-refractivity contribution is 6.09. The quantitative estimate of drug-likeness (QED) is 0.136. The molecule has 6 nitrogen and oxygen atoms in total. The number of benzene rings is 10. The maximum absolute atomic E-state index is 5.77. The van der Waals surface area contributed by atoms with Crippen molar-refractivity contribution in [2.24, 2.45) is 0 Å². The van der Waals surface area contributed by atoms with Gasteiger partial charge in [0.15, 0.2) is 0 Å². The summed E-state index contributed by atoms with van der Waals surface area (Å²) in [5.74, 6) is 0.593. The summed E-state index contributed by atoms with van der Waals surface area (Å²) in [5, 5.41) is 2.50. The Hall–Kier alpha value is -9.26. The molecule has 1 fully saturated rings. The lowest BCUT2D eigenvalue weighted by molar-refractivity contribution is 0.402. The minimum Gasteiger partial charge on any atom is -0.338 e. The van der Waals surface area contributed by atoms with Crippen LogP contribution in [0.5, 0.6) is 0 Å². The number of anilines is 8. The molecule has 0 N–H and O–H groups in total. The summed E-state index contributed by atoms with van der Waals surface area (Å²) < 4.78 is 2.37. The van der Waals surface area contributed by atoms with Crippen molar-refractivity contribution in [1.82, 2.24) is 14.5 Å². The number of para-hydroxylation sites is 5. The van der Waals surface area contributed by atoms with Crippen molar-refractivity contribution in [1.29, 1.82) is 0 Å². The SMILES string of the molecule is CC(C)(C)c1ccc(C(C)(C)C)c2nc(-c3ccc(N(c4ccccc4)c4ccc(-n5c6ccccc6c6ccccc65)cc4)cc3)c(-c3ccc(N(c4ccccc4)c4ccc(N5c6ccccc6[C@H]6CCCCC65)cc4)cc3)nc12. The third kappa shape index (κ3) is 8.98. The predicted molar refractivity (Wildman–Crippen MR) is 345 cm³/mol. The Morgan fingerprint density at radius 1 is 0.378 bits per heavy atom. The molecule has 0 radical (unpaired) electrons. The van der Waals surface area contributed by atoms with Crippen molar-refractivity contribution in [3.8, 4) is 28.2 Å². The summed E-state index contributed by atoms with van der Waals surface area (Å²) in [6.07, 6.45) is 5.08. The van der Waals surface area contributed by atoms with E-state index in [9.17, 15) is 0 Å². The zero-order valence-electron chi connectivity index (χ0n) is 47.8. The fourth-order valence-corrected chi connectivity index (χ4v) is 13.4. The Morgan fingerprint density at radius 3 is 1.24 bits per heavy atom. The number of hydrogen-bond acceptors (Lipinski definition) is 5. The van der Waals surface area contributed by atoms with Gasteiger partial charge in [-0.3, -0.25) is 0 Å². The minimum absolute atomic E-state index is 0.168. The van der Waals surface area contributed by atoms with E-state index in [2.05, 4.69) is 303 Å². The molecule has 2 atom stereocenters. The van der Waals surface area contributed by atoms with Gasteiger partial charge in [-0.2, -0.15) is 0 Å². The van der Waals surface area contributed by atoms with Crippen LogP contribution in [0.25, 0.3) is 61.0 Å². The molecule has 2 aromatic heterocycles. The van der Waals surface area contributed by atoms with Crippen LogP contribution in [0.15, 0.2) is 243 Å². The molecule has 0 amide bonds. The highest BCUT2D eigenvalue weighted by Crippen LogP contribution is 2.52. The Kier molecular flexibility index (Phi) is 12.7. The highest BCUT2D eigenvalue weighted by atomic mass is 15.2. The molecule has 1 saturated carbocycles. The lowest BCUT2D eigenvalue weighted by Gasteiger charge is -2.34. The summed E-state index contributed by atoms with van der Waals surface area (Å²) >= 11 is 0. The Morgan fingerprint density at radius 2 is 0.768 bits per heavy atom. The summed E-state index contributed by atoms with van der Waals surface area (Å²) in [6, 6.07) is 89.0. The van der Waals surface area contributed by atoms with Gasteiger partial charge in [-0.05, 0) is 156 Å². The van der Waals surface area contributed by atoms with Crippen LogP contribution in [-0.2, 0) is 10.8 Å². The Bertz CT molecular complexity index is 4230. The Labute approximate surface area is 482 Å². The first-order valence-corrected chi connectivity index (χ1v) is 29.3. The average Bonchev–Trinajstić information content (AvgIpc) is 2.77. The van der Waals surface area contributed by atoms with Crippen molar-refractivity contribution in [3.05, 3.63) is 259 Å². The van der Waals surface area contributed by atoms with Crippen molar-refractivity contribution in [2.45, 2.75) is 90.0 Å². The summed E-state index contributed by atoms with van der Waals surface area (Å²) in [5.41, 5.74) is 21.7. The van der Waals surface area contributed by atoms with Crippen LogP contribution in [0, 0.1) is 0 Å². The van der Waals surface area contributed by atoms with E-state index in [1.165, 1.54) is 75.6 Å². The first-order chi connectivity index (χ1) is 40.0. The largest absolute Gasteiger partial charge is 0.338 e. The van der Waals surface area contributed by atoms with Crippen molar-refractivity contribution < 1.29 is 0 Å². The van der Waals surface area contributed by atoms with Gasteiger partial charge in [-0.15, -0.1) is 0 Å². The van der Waals surface area contributed by atoms with E-state index in [0.29, 0.717) is 12.0 Å². The van der Waals surface area contributed by atoms with Crippen LogP contribution in [0.4, 0.5) is 45.5 Å². The fraction of sp³-hybridized carbons (Fsp3) is 0.184. The third-order valence-corrected chi connectivity index (χ3v) is 17.3. The molecule has 82 heavy (non-hydrogen) atoms. The first-order valence-electron chi connectivity index (χ1n) is 29.3. The molecule has 0 bridgehead atoms. The lowest BCUT2D eigenvalue weighted by Crippen LogP contribution is -2.32. The molecule has 12 aromatic rings. The summed E-state index contributed by atoms with van der Waals surface area (Å²) in [4.78, 5) is 18.9.